The Labute approximate surface area is 132 Å². The number of carbonyl (C=O) groups is 1. The van der Waals surface area contributed by atoms with Gasteiger partial charge in [-0.2, -0.15) is 0 Å². The molecule has 2 rings (SSSR count). The third-order valence-electron chi connectivity index (χ3n) is 3.96. The fraction of sp³-hybridized carbons (Fsp3) is 0.941. The summed E-state index contributed by atoms with van der Waals surface area (Å²) in [5.74, 6) is 0.233. The predicted molar refractivity (Wildman–Crippen MR) is 91.7 cm³/mol. The van der Waals surface area contributed by atoms with Gasteiger partial charge in [-0.05, 0) is 19.9 Å². The third kappa shape index (κ3) is 7.82. The molecule has 2 aliphatic heterocycles. The van der Waals surface area contributed by atoms with Gasteiger partial charge in [0.05, 0.1) is 0 Å². The molecule has 21 heavy (non-hydrogen) atoms. The molecular weight excluding hydrogens is 262 g/mol. The molecular formula is C17H37N3O. The number of likely N-dealkylation sites (N-methyl/N-ethyl adjacent to an activating group) is 1. The smallest absolute Gasteiger partial charge is 0.219 e. The van der Waals surface area contributed by atoms with Crippen molar-refractivity contribution in [2.45, 2.75) is 59.9 Å². The molecule has 2 aliphatic rings. The van der Waals surface area contributed by atoms with Crippen molar-refractivity contribution < 1.29 is 4.79 Å². The summed E-state index contributed by atoms with van der Waals surface area (Å²) in [5, 5.41) is 0. The molecule has 0 aromatic heterocycles. The van der Waals surface area contributed by atoms with E-state index in [2.05, 4.69) is 30.7 Å². The van der Waals surface area contributed by atoms with Crippen LogP contribution in [-0.2, 0) is 4.79 Å². The van der Waals surface area contributed by atoms with Crippen LogP contribution in [0.5, 0.6) is 0 Å². The molecule has 1 amide bonds. The first kappa shape index (κ1) is 20.4. The second-order valence-electron chi connectivity index (χ2n) is 5.78. The Morgan fingerprint density at radius 2 is 1.38 bits per heavy atom. The average molecular weight is 300 g/mol. The summed E-state index contributed by atoms with van der Waals surface area (Å²) < 4.78 is 0. The van der Waals surface area contributed by atoms with Crippen LogP contribution in [0.4, 0.5) is 0 Å². The van der Waals surface area contributed by atoms with Crippen LogP contribution < -0.4 is 0 Å². The number of hydrogen-bond donors (Lipinski definition) is 0. The lowest BCUT2D eigenvalue weighted by Gasteiger charge is -2.41. The van der Waals surface area contributed by atoms with Crippen LogP contribution in [0, 0.1) is 0 Å². The van der Waals surface area contributed by atoms with Gasteiger partial charge in [0.25, 0.3) is 0 Å². The van der Waals surface area contributed by atoms with E-state index >= 15 is 0 Å². The summed E-state index contributed by atoms with van der Waals surface area (Å²) in [7, 11) is 2.19. The summed E-state index contributed by atoms with van der Waals surface area (Å²) in [6.45, 7) is 16.6. The van der Waals surface area contributed by atoms with Crippen molar-refractivity contribution in [1.82, 2.24) is 14.7 Å². The summed E-state index contributed by atoms with van der Waals surface area (Å²) >= 11 is 0. The van der Waals surface area contributed by atoms with Crippen molar-refractivity contribution in [2.75, 3.05) is 46.3 Å². The molecule has 0 aliphatic carbocycles. The summed E-state index contributed by atoms with van der Waals surface area (Å²) in [4.78, 5) is 18.2. The van der Waals surface area contributed by atoms with Gasteiger partial charge in [0.2, 0.25) is 5.91 Å². The van der Waals surface area contributed by atoms with Crippen molar-refractivity contribution in [2.24, 2.45) is 0 Å². The van der Waals surface area contributed by atoms with Crippen LogP contribution >= 0.6 is 0 Å². The fourth-order valence-electron chi connectivity index (χ4n) is 2.73. The molecule has 0 N–H and O–H groups in total. The number of likely N-dealkylation sites (tertiary alicyclic amines) is 1. The van der Waals surface area contributed by atoms with Gasteiger partial charge in [-0.3, -0.25) is 9.69 Å². The van der Waals surface area contributed by atoms with Crippen LogP contribution in [0.3, 0.4) is 0 Å². The van der Waals surface area contributed by atoms with E-state index in [1.165, 1.54) is 32.6 Å². The highest BCUT2D eigenvalue weighted by molar-refractivity contribution is 5.73. The van der Waals surface area contributed by atoms with Gasteiger partial charge in [-0.15, -0.1) is 0 Å². The van der Waals surface area contributed by atoms with Crippen LogP contribution in [-0.4, -0.2) is 73.0 Å². The number of carbonyl (C=O) groups excluding carboxylic acids is 1. The Hall–Kier alpha value is -0.610. The zero-order chi connectivity index (χ0) is 16.3. The molecule has 0 atom stereocenters. The van der Waals surface area contributed by atoms with Crippen LogP contribution in [0.15, 0.2) is 0 Å². The van der Waals surface area contributed by atoms with E-state index in [0.29, 0.717) is 6.04 Å². The van der Waals surface area contributed by atoms with Crippen molar-refractivity contribution in [3.63, 3.8) is 0 Å². The summed E-state index contributed by atoms with van der Waals surface area (Å²) in [6.07, 6.45) is 3.56. The first-order chi connectivity index (χ1) is 10.1. The van der Waals surface area contributed by atoms with E-state index < -0.39 is 0 Å². The Morgan fingerprint density at radius 1 is 0.952 bits per heavy atom. The third-order valence-corrected chi connectivity index (χ3v) is 3.96. The zero-order valence-electron chi connectivity index (χ0n) is 15.2. The topological polar surface area (TPSA) is 26.8 Å². The number of piperidine rings is 1. The normalized spacial score (nSPS) is 21.0. The van der Waals surface area contributed by atoms with Crippen LogP contribution in [0.1, 0.15) is 53.9 Å². The first-order valence-corrected chi connectivity index (χ1v) is 8.76. The molecule has 2 fully saturated rings. The van der Waals surface area contributed by atoms with Gasteiger partial charge in [0, 0.05) is 52.2 Å². The van der Waals surface area contributed by atoms with Crippen molar-refractivity contribution in [3.8, 4) is 0 Å². The van der Waals surface area contributed by atoms with Crippen molar-refractivity contribution >= 4 is 5.91 Å². The Balaban J connectivity index is 0.000000713. The molecule has 0 spiro atoms. The lowest BCUT2D eigenvalue weighted by molar-refractivity contribution is -0.130. The predicted octanol–water partition coefficient (Wildman–Crippen LogP) is 2.69. The van der Waals surface area contributed by atoms with Crippen LogP contribution in [0.2, 0.25) is 0 Å². The maximum absolute atomic E-state index is 11.2. The number of amides is 1. The van der Waals surface area contributed by atoms with Gasteiger partial charge in [0.1, 0.15) is 0 Å². The molecule has 126 valence electrons. The van der Waals surface area contributed by atoms with Crippen molar-refractivity contribution in [1.29, 1.82) is 0 Å². The highest BCUT2D eigenvalue weighted by Crippen LogP contribution is 2.17. The van der Waals surface area contributed by atoms with E-state index in [-0.39, 0.29) is 5.91 Å². The minimum absolute atomic E-state index is 0.233. The van der Waals surface area contributed by atoms with E-state index in [9.17, 15) is 4.79 Å². The van der Waals surface area contributed by atoms with E-state index in [1.807, 2.05) is 18.7 Å². The average Bonchev–Trinajstić information content (AvgIpc) is 2.51. The highest BCUT2D eigenvalue weighted by Gasteiger charge is 2.27. The Bertz CT molecular complexity index is 255. The molecule has 2 saturated heterocycles. The van der Waals surface area contributed by atoms with Crippen LogP contribution in [0.25, 0.3) is 0 Å². The maximum Gasteiger partial charge on any atom is 0.219 e. The molecule has 0 saturated carbocycles. The molecule has 0 radical (unpaired) electrons. The quantitative estimate of drug-likeness (QED) is 0.745. The Morgan fingerprint density at radius 3 is 1.76 bits per heavy atom. The van der Waals surface area contributed by atoms with Gasteiger partial charge < -0.3 is 9.80 Å². The lowest BCUT2D eigenvalue weighted by atomic mass is 10.0. The SMILES string of the molecule is CC.CC(=O)N1CCC(N2CCN(C)CC2)CC1.CCC. The largest absolute Gasteiger partial charge is 0.343 e. The van der Waals surface area contributed by atoms with E-state index in [0.717, 1.165) is 25.9 Å². The van der Waals surface area contributed by atoms with E-state index in [4.69, 9.17) is 0 Å². The van der Waals surface area contributed by atoms with Gasteiger partial charge in [0.15, 0.2) is 0 Å². The molecule has 0 aromatic carbocycles. The molecule has 0 bridgehead atoms. The molecule has 0 unspecified atom stereocenters. The zero-order valence-corrected chi connectivity index (χ0v) is 15.2. The molecule has 4 heteroatoms. The molecule has 0 aromatic rings. The first-order valence-electron chi connectivity index (χ1n) is 8.76. The monoisotopic (exact) mass is 299 g/mol. The molecule has 2 heterocycles. The number of hydrogen-bond acceptors (Lipinski definition) is 3. The van der Waals surface area contributed by atoms with Gasteiger partial charge in [-0.1, -0.05) is 34.1 Å². The maximum atomic E-state index is 11.2. The summed E-state index contributed by atoms with van der Waals surface area (Å²) in [6, 6.07) is 0.712. The Kier molecular flexibility index (Phi) is 11.6. The minimum Gasteiger partial charge on any atom is -0.343 e. The van der Waals surface area contributed by atoms with Crippen molar-refractivity contribution in [3.05, 3.63) is 0 Å². The number of nitrogens with zero attached hydrogens (tertiary/aromatic N) is 3. The molecule has 4 nitrogen and oxygen atoms in total. The minimum atomic E-state index is 0.233. The number of rotatable bonds is 1. The second kappa shape index (κ2) is 12.0. The number of piperazine rings is 1. The van der Waals surface area contributed by atoms with Gasteiger partial charge >= 0.3 is 0 Å². The lowest BCUT2D eigenvalue weighted by Crippen LogP contribution is -2.52. The fourth-order valence-corrected chi connectivity index (χ4v) is 2.73. The van der Waals surface area contributed by atoms with Gasteiger partial charge in [-0.25, -0.2) is 0 Å². The summed E-state index contributed by atoms with van der Waals surface area (Å²) in [5.41, 5.74) is 0. The van der Waals surface area contributed by atoms with E-state index in [1.54, 1.807) is 6.92 Å². The highest BCUT2D eigenvalue weighted by atomic mass is 16.2. The standard InChI is InChI=1S/C12H23N3O.C3H8.C2H6/c1-11(16)14-5-3-12(4-6-14)15-9-7-13(2)8-10-15;1-3-2;1-2/h12H,3-10H2,1-2H3;3H2,1-2H3;1-2H3. The second-order valence-corrected chi connectivity index (χ2v) is 5.78.